The van der Waals surface area contributed by atoms with Crippen LogP contribution in [0.4, 0.5) is 13.2 Å². The summed E-state index contributed by atoms with van der Waals surface area (Å²) in [4.78, 5) is 22.7. The summed E-state index contributed by atoms with van der Waals surface area (Å²) in [6, 6.07) is 7.16. The van der Waals surface area contributed by atoms with Crippen LogP contribution in [-0.2, 0) is 10.4 Å². The van der Waals surface area contributed by atoms with Gasteiger partial charge in [-0.3, -0.25) is 4.79 Å². The first kappa shape index (κ1) is 20.2. The number of hydrogen-bond donors (Lipinski definition) is 1. The van der Waals surface area contributed by atoms with Crippen molar-refractivity contribution in [2.45, 2.75) is 44.0 Å². The molecule has 154 valence electrons. The van der Waals surface area contributed by atoms with Crippen LogP contribution in [0, 0.1) is 6.92 Å². The fourth-order valence-corrected chi connectivity index (χ4v) is 5.55. The van der Waals surface area contributed by atoms with Crippen molar-refractivity contribution in [3.8, 4) is 0 Å². The van der Waals surface area contributed by atoms with Crippen LogP contribution in [0.3, 0.4) is 0 Å². The number of rotatable bonds is 4. The van der Waals surface area contributed by atoms with Gasteiger partial charge in [-0.25, -0.2) is 9.97 Å². The van der Waals surface area contributed by atoms with Gasteiger partial charge in [-0.05, 0) is 31.9 Å². The average Bonchev–Trinajstić information content (AvgIpc) is 3.38. The van der Waals surface area contributed by atoms with Crippen LogP contribution in [0.1, 0.15) is 41.0 Å². The molecule has 1 amide bonds. The molecule has 0 bridgehead atoms. The second-order valence-electron chi connectivity index (χ2n) is 7.09. The Kier molecular flexibility index (Phi) is 5.12. The molecule has 10 heteroatoms. The molecular formula is C19H18F3N3O2S2. The van der Waals surface area contributed by atoms with Gasteiger partial charge in [-0.2, -0.15) is 13.2 Å². The molecule has 4 rings (SSSR count). The lowest BCUT2D eigenvalue weighted by atomic mass is 9.98. The minimum absolute atomic E-state index is 0.338. The van der Waals surface area contributed by atoms with Gasteiger partial charge in [0.1, 0.15) is 10.0 Å². The standard InChI is InChI=1S/C19H18F3N3O2S2/c1-11-10-28-17(23-11)18(27,19(20,21)22)9-15(26)25-8-4-6-13(25)16-24-12-5-2-3-7-14(12)29-16/h2-3,5,7,10,13,27H,4,6,8-9H2,1H3/t13-,18+/m1/s1. The Morgan fingerprint density at radius 2 is 2.07 bits per heavy atom. The monoisotopic (exact) mass is 441 g/mol. The number of thiazole rings is 2. The van der Waals surface area contributed by atoms with Gasteiger partial charge in [-0.1, -0.05) is 12.1 Å². The molecule has 1 aromatic carbocycles. The lowest BCUT2D eigenvalue weighted by Gasteiger charge is -2.31. The maximum atomic E-state index is 13.7. The molecule has 0 saturated carbocycles. The molecule has 2 aromatic heterocycles. The number of aromatic nitrogens is 2. The summed E-state index contributed by atoms with van der Waals surface area (Å²) in [5, 5.41) is 12.1. The Balaban J connectivity index is 1.62. The van der Waals surface area contributed by atoms with Crippen LogP contribution in [0.2, 0.25) is 0 Å². The number of carbonyl (C=O) groups excluding carboxylic acids is 1. The molecule has 0 spiro atoms. The average molecular weight is 442 g/mol. The predicted molar refractivity (Wildman–Crippen MR) is 105 cm³/mol. The Labute approximate surface area is 172 Å². The molecule has 2 atom stereocenters. The van der Waals surface area contributed by atoms with E-state index in [1.165, 1.54) is 21.6 Å². The third-order valence-corrected chi connectivity index (χ3v) is 7.27. The second kappa shape index (κ2) is 7.33. The van der Waals surface area contributed by atoms with Gasteiger partial charge in [0.15, 0.2) is 0 Å². The van der Waals surface area contributed by atoms with Crippen LogP contribution < -0.4 is 0 Å². The van der Waals surface area contributed by atoms with E-state index in [0.29, 0.717) is 41.4 Å². The van der Waals surface area contributed by atoms with E-state index >= 15 is 0 Å². The lowest BCUT2D eigenvalue weighted by molar-refractivity contribution is -0.268. The zero-order valence-electron chi connectivity index (χ0n) is 15.4. The molecule has 1 saturated heterocycles. The zero-order valence-corrected chi connectivity index (χ0v) is 17.1. The lowest BCUT2D eigenvalue weighted by Crippen LogP contribution is -2.47. The summed E-state index contributed by atoms with van der Waals surface area (Å²) in [6.45, 7) is 1.88. The molecule has 0 radical (unpaired) electrons. The van der Waals surface area contributed by atoms with Crippen molar-refractivity contribution in [3.05, 3.63) is 45.4 Å². The van der Waals surface area contributed by atoms with Gasteiger partial charge in [0.25, 0.3) is 0 Å². The number of halogens is 3. The molecule has 0 unspecified atom stereocenters. The van der Waals surface area contributed by atoms with Crippen LogP contribution in [0.15, 0.2) is 29.6 Å². The number of para-hydroxylation sites is 1. The second-order valence-corrected chi connectivity index (χ2v) is 9.01. The first-order chi connectivity index (χ1) is 13.7. The van der Waals surface area contributed by atoms with E-state index in [0.717, 1.165) is 10.2 Å². The normalized spacial score (nSPS) is 19.6. The number of hydrogen-bond acceptors (Lipinski definition) is 6. The molecule has 3 aromatic rings. The van der Waals surface area contributed by atoms with Gasteiger partial charge < -0.3 is 10.0 Å². The molecular weight excluding hydrogens is 423 g/mol. The van der Waals surface area contributed by atoms with Crippen molar-refractivity contribution in [2.24, 2.45) is 0 Å². The van der Waals surface area contributed by atoms with Crippen LogP contribution in [0.5, 0.6) is 0 Å². The number of alkyl halides is 3. The van der Waals surface area contributed by atoms with Crippen molar-refractivity contribution >= 4 is 38.8 Å². The zero-order chi connectivity index (χ0) is 20.8. The van der Waals surface area contributed by atoms with E-state index in [2.05, 4.69) is 9.97 Å². The summed E-state index contributed by atoms with van der Waals surface area (Å²) in [7, 11) is 0. The summed E-state index contributed by atoms with van der Waals surface area (Å²) in [6.07, 6.45) is -4.80. The third-order valence-electron chi connectivity index (χ3n) is 5.02. The van der Waals surface area contributed by atoms with Gasteiger partial charge in [0.05, 0.1) is 22.7 Å². The number of carbonyl (C=O) groups is 1. The molecule has 1 N–H and O–H groups in total. The highest BCUT2D eigenvalue weighted by Crippen LogP contribution is 2.44. The topological polar surface area (TPSA) is 66.3 Å². The Bertz CT molecular complexity index is 1020. The first-order valence-electron chi connectivity index (χ1n) is 9.06. The fraction of sp³-hybridized carbons (Fsp3) is 0.421. The minimum atomic E-state index is -5.02. The van der Waals surface area contributed by atoms with Crippen LogP contribution in [-0.4, -0.2) is 38.6 Å². The van der Waals surface area contributed by atoms with E-state index in [1.807, 2.05) is 24.3 Å². The van der Waals surface area contributed by atoms with Crippen molar-refractivity contribution in [1.82, 2.24) is 14.9 Å². The Morgan fingerprint density at radius 3 is 2.72 bits per heavy atom. The molecule has 1 aliphatic heterocycles. The van der Waals surface area contributed by atoms with E-state index in [4.69, 9.17) is 0 Å². The highest BCUT2D eigenvalue weighted by Gasteiger charge is 2.58. The molecule has 5 nitrogen and oxygen atoms in total. The number of likely N-dealkylation sites (tertiary alicyclic amines) is 1. The van der Waals surface area contributed by atoms with Crippen molar-refractivity contribution in [2.75, 3.05) is 6.54 Å². The smallest absolute Gasteiger partial charge is 0.374 e. The number of aliphatic hydroxyl groups is 1. The first-order valence-corrected chi connectivity index (χ1v) is 10.8. The van der Waals surface area contributed by atoms with Crippen LogP contribution >= 0.6 is 22.7 Å². The summed E-state index contributed by atoms with van der Waals surface area (Å²) in [5.41, 5.74) is -2.13. The predicted octanol–water partition coefficient (Wildman–Crippen LogP) is 4.56. The third kappa shape index (κ3) is 3.64. The quantitative estimate of drug-likeness (QED) is 0.644. The van der Waals surface area contributed by atoms with E-state index in [-0.39, 0.29) is 6.04 Å². The SMILES string of the molecule is Cc1csc([C@@](O)(CC(=O)N2CCC[C@@H]2c2nc3ccccc3s2)C(F)(F)F)n1. The fourth-order valence-electron chi connectivity index (χ4n) is 3.52. The Hall–Kier alpha value is -2.04. The number of amides is 1. The number of nitrogens with zero attached hydrogens (tertiary/aromatic N) is 3. The van der Waals surface area contributed by atoms with Gasteiger partial charge in [-0.15, -0.1) is 22.7 Å². The van der Waals surface area contributed by atoms with Gasteiger partial charge >= 0.3 is 6.18 Å². The summed E-state index contributed by atoms with van der Waals surface area (Å²) in [5.74, 6) is -0.751. The number of fused-ring (bicyclic) bond motifs is 1. The van der Waals surface area contributed by atoms with Gasteiger partial charge in [0.2, 0.25) is 11.5 Å². The van der Waals surface area contributed by atoms with Crippen molar-refractivity contribution < 1.29 is 23.1 Å². The van der Waals surface area contributed by atoms with Crippen molar-refractivity contribution in [1.29, 1.82) is 0 Å². The number of benzene rings is 1. The highest BCUT2D eigenvalue weighted by atomic mass is 32.1. The molecule has 1 fully saturated rings. The van der Waals surface area contributed by atoms with Crippen molar-refractivity contribution in [3.63, 3.8) is 0 Å². The highest BCUT2D eigenvalue weighted by molar-refractivity contribution is 7.18. The molecule has 0 aliphatic carbocycles. The molecule has 1 aliphatic rings. The maximum absolute atomic E-state index is 13.7. The maximum Gasteiger partial charge on any atom is 0.424 e. The Morgan fingerprint density at radius 1 is 1.31 bits per heavy atom. The van der Waals surface area contributed by atoms with Crippen LogP contribution in [0.25, 0.3) is 10.2 Å². The largest absolute Gasteiger partial charge is 0.424 e. The molecule has 3 heterocycles. The van der Waals surface area contributed by atoms with Gasteiger partial charge in [0, 0.05) is 17.6 Å². The van der Waals surface area contributed by atoms with E-state index in [9.17, 15) is 23.1 Å². The van der Waals surface area contributed by atoms with E-state index in [1.54, 1.807) is 6.92 Å². The minimum Gasteiger partial charge on any atom is -0.374 e. The summed E-state index contributed by atoms with van der Waals surface area (Å²) < 4.78 is 42.2. The molecule has 29 heavy (non-hydrogen) atoms. The summed E-state index contributed by atoms with van der Waals surface area (Å²) >= 11 is 2.14. The number of aryl methyl sites for hydroxylation is 1. The van der Waals surface area contributed by atoms with E-state index < -0.39 is 29.1 Å².